The van der Waals surface area contributed by atoms with Crippen LogP contribution in [0.5, 0.6) is 0 Å². The molecule has 1 N–H and O–H groups in total. The molecule has 0 aromatic rings. The fourth-order valence-electron chi connectivity index (χ4n) is 2.32. The summed E-state index contributed by atoms with van der Waals surface area (Å²) in [5, 5.41) is 3.68. The lowest BCUT2D eigenvalue weighted by atomic mass is 10.1. The topological polar surface area (TPSA) is 21.3 Å². The van der Waals surface area contributed by atoms with Crippen LogP contribution in [0.2, 0.25) is 0 Å². The molecule has 0 amide bonds. The SMILES string of the molecule is CCC(CC)NC(C)CCC1CCCO1. The quantitative estimate of drug-likeness (QED) is 0.701. The van der Waals surface area contributed by atoms with Crippen LogP contribution in [0, 0.1) is 0 Å². The summed E-state index contributed by atoms with van der Waals surface area (Å²) in [6.07, 6.45) is 8.05. The van der Waals surface area contributed by atoms with Gasteiger partial charge in [0.1, 0.15) is 0 Å². The smallest absolute Gasteiger partial charge is 0.0576 e. The van der Waals surface area contributed by atoms with E-state index in [9.17, 15) is 0 Å². The Morgan fingerprint density at radius 2 is 2.07 bits per heavy atom. The van der Waals surface area contributed by atoms with Crippen molar-refractivity contribution >= 4 is 0 Å². The van der Waals surface area contributed by atoms with Crippen molar-refractivity contribution in [1.82, 2.24) is 5.32 Å². The van der Waals surface area contributed by atoms with Crippen molar-refractivity contribution < 1.29 is 4.74 Å². The summed E-state index contributed by atoms with van der Waals surface area (Å²) in [4.78, 5) is 0. The molecule has 1 saturated heterocycles. The highest BCUT2D eigenvalue weighted by atomic mass is 16.5. The maximum atomic E-state index is 5.63. The Bertz CT molecular complexity index is 151. The molecule has 1 fully saturated rings. The van der Waals surface area contributed by atoms with E-state index in [2.05, 4.69) is 26.1 Å². The van der Waals surface area contributed by atoms with Crippen molar-refractivity contribution in [2.45, 2.75) is 77.5 Å². The zero-order valence-electron chi connectivity index (χ0n) is 10.6. The monoisotopic (exact) mass is 213 g/mol. The number of rotatable bonds is 7. The fourth-order valence-corrected chi connectivity index (χ4v) is 2.32. The van der Waals surface area contributed by atoms with Gasteiger partial charge in [-0.15, -0.1) is 0 Å². The lowest BCUT2D eigenvalue weighted by Gasteiger charge is -2.22. The lowest BCUT2D eigenvalue weighted by molar-refractivity contribution is 0.0996. The molecule has 15 heavy (non-hydrogen) atoms. The molecule has 0 aliphatic carbocycles. The van der Waals surface area contributed by atoms with Gasteiger partial charge < -0.3 is 10.1 Å². The van der Waals surface area contributed by atoms with Gasteiger partial charge in [-0.1, -0.05) is 13.8 Å². The Labute approximate surface area is 94.8 Å². The third-order valence-corrected chi connectivity index (χ3v) is 3.45. The van der Waals surface area contributed by atoms with Gasteiger partial charge in [-0.05, 0) is 45.4 Å². The van der Waals surface area contributed by atoms with Crippen molar-refractivity contribution in [3.8, 4) is 0 Å². The molecule has 1 aliphatic heterocycles. The minimum Gasteiger partial charge on any atom is -0.378 e. The molecular formula is C13H27NO. The fraction of sp³-hybridized carbons (Fsp3) is 1.00. The van der Waals surface area contributed by atoms with Gasteiger partial charge in [0.05, 0.1) is 6.10 Å². The van der Waals surface area contributed by atoms with E-state index < -0.39 is 0 Å². The normalized spacial score (nSPS) is 23.6. The zero-order chi connectivity index (χ0) is 11.1. The van der Waals surface area contributed by atoms with E-state index in [4.69, 9.17) is 4.74 Å². The van der Waals surface area contributed by atoms with E-state index in [1.165, 1.54) is 38.5 Å². The van der Waals surface area contributed by atoms with Gasteiger partial charge in [-0.3, -0.25) is 0 Å². The van der Waals surface area contributed by atoms with E-state index in [0.29, 0.717) is 18.2 Å². The first-order valence-electron chi connectivity index (χ1n) is 6.63. The average molecular weight is 213 g/mol. The Kier molecular flexibility index (Phi) is 6.26. The maximum absolute atomic E-state index is 5.63. The van der Waals surface area contributed by atoms with Crippen LogP contribution in [0.15, 0.2) is 0 Å². The van der Waals surface area contributed by atoms with E-state index in [-0.39, 0.29) is 0 Å². The highest BCUT2D eigenvalue weighted by Crippen LogP contribution is 2.17. The van der Waals surface area contributed by atoms with Gasteiger partial charge in [0.15, 0.2) is 0 Å². The van der Waals surface area contributed by atoms with E-state index >= 15 is 0 Å². The Morgan fingerprint density at radius 3 is 2.60 bits per heavy atom. The average Bonchev–Trinajstić information content (AvgIpc) is 2.75. The van der Waals surface area contributed by atoms with Crippen molar-refractivity contribution in [2.75, 3.05) is 6.61 Å². The van der Waals surface area contributed by atoms with Gasteiger partial charge in [-0.2, -0.15) is 0 Å². The van der Waals surface area contributed by atoms with E-state index in [0.717, 1.165) is 6.61 Å². The first-order valence-corrected chi connectivity index (χ1v) is 6.63. The molecular weight excluding hydrogens is 186 g/mol. The highest BCUT2D eigenvalue weighted by molar-refractivity contribution is 4.72. The second-order valence-electron chi connectivity index (χ2n) is 4.79. The third-order valence-electron chi connectivity index (χ3n) is 3.45. The number of hydrogen-bond donors (Lipinski definition) is 1. The van der Waals surface area contributed by atoms with Crippen molar-refractivity contribution in [1.29, 1.82) is 0 Å². The summed E-state index contributed by atoms with van der Waals surface area (Å²) in [6, 6.07) is 1.34. The largest absolute Gasteiger partial charge is 0.378 e. The molecule has 0 saturated carbocycles. The van der Waals surface area contributed by atoms with Crippen molar-refractivity contribution in [3.63, 3.8) is 0 Å². The number of hydrogen-bond acceptors (Lipinski definition) is 2. The van der Waals surface area contributed by atoms with Gasteiger partial charge in [0.25, 0.3) is 0 Å². The molecule has 2 unspecified atom stereocenters. The van der Waals surface area contributed by atoms with Crippen LogP contribution in [0.1, 0.15) is 59.3 Å². The van der Waals surface area contributed by atoms with Crippen LogP contribution < -0.4 is 5.32 Å². The predicted molar refractivity (Wildman–Crippen MR) is 65.2 cm³/mol. The van der Waals surface area contributed by atoms with E-state index in [1.807, 2.05) is 0 Å². The number of nitrogens with one attached hydrogen (secondary N) is 1. The molecule has 2 atom stereocenters. The molecule has 0 spiro atoms. The molecule has 0 bridgehead atoms. The van der Waals surface area contributed by atoms with Gasteiger partial charge >= 0.3 is 0 Å². The first-order chi connectivity index (χ1) is 7.26. The Morgan fingerprint density at radius 1 is 1.33 bits per heavy atom. The molecule has 0 radical (unpaired) electrons. The number of ether oxygens (including phenoxy) is 1. The van der Waals surface area contributed by atoms with Crippen LogP contribution in [-0.2, 0) is 4.74 Å². The maximum Gasteiger partial charge on any atom is 0.0576 e. The van der Waals surface area contributed by atoms with Gasteiger partial charge in [0, 0.05) is 18.7 Å². The molecule has 90 valence electrons. The summed E-state index contributed by atoms with van der Waals surface area (Å²) in [5.41, 5.74) is 0. The Balaban J connectivity index is 2.08. The summed E-state index contributed by atoms with van der Waals surface area (Å²) >= 11 is 0. The highest BCUT2D eigenvalue weighted by Gasteiger charge is 2.16. The van der Waals surface area contributed by atoms with Crippen LogP contribution in [0.25, 0.3) is 0 Å². The van der Waals surface area contributed by atoms with Crippen LogP contribution >= 0.6 is 0 Å². The molecule has 1 rings (SSSR count). The van der Waals surface area contributed by atoms with Crippen molar-refractivity contribution in [3.05, 3.63) is 0 Å². The van der Waals surface area contributed by atoms with Crippen LogP contribution in [0.3, 0.4) is 0 Å². The molecule has 1 aliphatic rings. The lowest BCUT2D eigenvalue weighted by Crippen LogP contribution is -2.36. The summed E-state index contributed by atoms with van der Waals surface area (Å²) in [7, 11) is 0. The first kappa shape index (κ1) is 13.0. The summed E-state index contributed by atoms with van der Waals surface area (Å²) in [6.45, 7) is 7.80. The van der Waals surface area contributed by atoms with Crippen LogP contribution in [-0.4, -0.2) is 24.8 Å². The summed E-state index contributed by atoms with van der Waals surface area (Å²) < 4.78 is 5.63. The predicted octanol–water partition coefficient (Wildman–Crippen LogP) is 3.11. The minimum atomic E-state index is 0.552. The second-order valence-corrected chi connectivity index (χ2v) is 4.79. The summed E-state index contributed by atoms with van der Waals surface area (Å²) in [5.74, 6) is 0. The molecule has 0 aromatic heterocycles. The molecule has 2 nitrogen and oxygen atoms in total. The van der Waals surface area contributed by atoms with Gasteiger partial charge in [-0.25, -0.2) is 0 Å². The molecule has 1 heterocycles. The van der Waals surface area contributed by atoms with Crippen molar-refractivity contribution in [2.24, 2.45) is 0 Å². The Hall–Kier alpha value is -0.0800. The van der Waals surface area contributed by atoms with Crippen LogP contribution in [0.4, 0.5) is 0 Å². The van der Waals surface area contributed by atoms with Gasteiger partial charge in [0.2, 0.25) is 0 Å². The minimum absolute atomic E-state index is 0.552. The molecule has 2 heteroatoms. The molecule has 0 aromatic carbocycles. The second kappa shape index (κ2) is 7.24. The standard InChI is InChI=1S/C13H27NO/c1-4-12(5-2)14-11(3)8-9-13-7-6-10-15-13/h11-14H,4-10H2,1-3H3. The van der Waals surface area contributed by atoms with E-state index in [1.54, 1.807) is 0 Å². The zero-order valence-corrected chi connectivity index (χ0v) is 10.6. The third kappa shape index (κ3) is 4.98.